The molecule has 0 aliphatic heterocycles. The number of hydrogen-bond acceptors (Lipinski definition) is 1. The van der Waals surface area contributed by atoms with Crippen molar-refractivity contribution in [1.82, 2.24) is 0 Å². The Kier molecular flexibility index (Phi) is 10.8. The van der Waals surface area contributed by atoms with E-state index in [9.17, 15) is 0 Å². The summed E-state index contributed by atoms with van der Waals surface area (Å²) in [5.41, 5.74) is 22.5. The molecule has 1 heteroatoms. The van der Waals surface area contributed by atoms with Gasteiger partial charge < -0.3 is 4.90 Å². The third-order valence-electron chi connectivity index (χ3n) is 14.7. The molecule has 1 aliphatic rings. The van der Waals surface area contributed by atoms with E-state index in [1.165, 1.54) is 99.8 Å². The van der Waals surface area contributed by atoms with Crippen LogP contribution in [-0.2, 0) is 5.41 Å². The van der Waals surface area contributed by atoms with Gasteiger partial charge in [-0.1, -0.05) is 237 Å². The summed E-state index contributed by atoms with van der Waals surface area (Å²) in [6, 6.07) is 109. The van der Waals surface area contributed by atoms with E-state index in [2.05, 4.69) is 302 Å². The molecule has 13 rings (SSSR count). The van der Waals surface area contributed by atoms with Gasteiger partial charge in [-0.2, -0.15) is 0 Å². The monoisotopic (exact) mass is 915 g/mol. The van der Waals surface area contributed by atoms with E-state index in [0.29, 0.717) is 0 Å². The summed E-state index contributed by atoms with van der Waals surface area (Å²) in [5, 5.41) is 2.51. The molecule has 12 aromatic carbocycles. The van der Waals surface area contributed by atoms with E-state index >= 15 is 0 Å². The Labute approximate surface area is 422 Å². The van der Waals surface area contributed by atoms with Crippen LogP contribution < -0.4 is 4.90 Å². The number of hydrogen-bond donors (Lipinski definition) is 0. The van der Waals surface area contributed by atoms with Crippen molar-refractivity contribution in [2.24, 2.45) is 0 Å². The molecule has 1 nitrogen and oxygen atoms in total. The Bertz CT molecular complexity index is 3840. The number of rotatable bonds is 10. The topological polar surface area (TPSA) is 3.24 Å². The van der Waals surface area contributed by atoms with Gasteiger partial charge in [0.2, 0.25) is 0 Å². The van der Waals surface area contributed by atoms with Crippen molar-refractivity contribution in [3.05, 3.63) is 320 Å². The molecule has 338 valence electrons. The van der Waals surface area contributed by atoms with Crippen LogP contribution in [0.5, 0.6) is 0 Å². The molecular weight excluding hydrogens is 867 g/mol. The summed E-state index contributed by atoms with van der Waals surface area (Å²) in [6.45, 7) is 0. The second-order valence-corrected chi connectivity index (χ2v) is 18.9. The molecule has 72 heavy (non-hydrogen) atoms. The Morgan fingerprint density at radius 2 is 0.569 bits per heavy atom. The normalized spacial score (nSPS) is 12.3. The fraction of sp³-hybridized carbons (Fsp3) is 0.0141. The maximum absolute atomic E-state index is 2.44. The van der Waals surface area contributed by atoms with E-state index in [4.69, 9.17) is 0 Å². The maximum atomic E-state index is 2.44. The average Bonchev–Trinajstić information content (AvgIpc) is 3.77. The van der Waals surface area contributed by atoms with Gasteiger partial charge in [-0.05, 0) is 160 Å². The van der Waals surface area contributed by atoms with Crippen molar-refractivity contribution in [3.8, 4) is 66.8 Å². The molecule has 0 aromatic heterocycles. The van der Waals surface area contributed by atoms with Gasteiger partial charge in [0.25, 0.3) is 0 Å². The number of benzene rings is 12. The quantitative estimate of drug-likeness (QED) is 0.132. The van der Waals surface area contributed by atoms with Gasteiger partial charge in [0.1, 0.15) is 0 Å². The number of nitrogens with zero attached hydrogens (tertiary/aromatic N) is 1. The molecule has 1 aliphatic carbocycles. The third kappa shape index (κ3) is 7.60. The Hall–Kier alpha value is -9.30. The van der Waals surface area contributed by atoms with Gasteiger partial charge >= 0.3 is 0 Å². The van der Waals surface area contributed by atoms with Gasteiger partial charge in [0.15, 0.2) is 0 Å². The number of anilines is 3. The highest BCUT2D eigenvalue weighted by Crippen LogP contribution is 2.56. The standard InChI is InChI=1S/C71H49N/c1-4-16-50(17-5-1)52-32-39-64(40-33-52)72(65-41-34-53(35-42-65)56-20-14-21-57(46-56)58-22-15-23-59(48-58)60-31-30-51-18-10-11-19-55(51)47-60)66-43-36-54(37-44-66)61-38-45-68-67-28-12-13-29-69(67)71(70(68)49-61,62-24-6-2-7-25-62)63-26-8-3-9-27-63/h1-49H. The van der Waals surface area contributed by atoms with Crippen LogP contribution >= 0.6 is 0 Å². The number of fused-ring (bicyclic) bond motifs is 4. The van der Waals surface area contributed by atoms with Crippen LogP contribution in [0.15, 0.2) is 297 Å². The zero-order valence-corrected chi connectivity index (χ0v) is 39.7. The van der Waals surface area contributed by atoms with Crippen molar-refractivity contribution < 1.29 is 0 Å². The summed E-state index contributed by atoms with van der Waals surface area (Å²) in [4.78, 5) is 2.37. The first-order valence-corrected chi connectivity index (χ1v) is 24.9. The summed E-state index contributed by atoms with van der Waals surface area (Å²) in [7, 11) is 0. The SMILES string of the molecule is c1ccc(-c2ccc(N(c3ccc(-c4cccc(-c5cccc(-c6ccc7ccccc7c6)c5)c4)cc3)c3ccc(-c4ccc5c(c4)C(c4ccccc4)(c4ccccc4)c4ccccc4-5)cc3)cc2)cc1. The van der Waals surface area contributed by atoms with Gasteiger partial charge in [-0.15, -0.1) is 0 Å². The fourth-order valence-electron chi connectivity index (χ4n) is 11.2. The third-order valence-corrected chi connectivity index (χ3v) is 14.7. The molecule has 0 radical (unpaired) electrons. The molecule has 0 bridgehead atoms. The zero-order chi connectivity index (χ0) is 47.8. The lowest BCUT2D eigenvalue weighted by molar-refractivity contribution is 0.769. The molecule has 0 spiro atoms. The highest BCUT2D eigenvalue weighted by atomic mass is 15.1. The van der Waals surface area contributed by atoms with Crippen LogP contribution in [0.25, 0.3) is 77.5 Å². The van der Waals surface area contributed by atoms with Gasteiger partial charge in [-0.25, -0.2) is 0 Å². The molecule has 0 atom stereocenters. The minimum absolute atomic E-state index is 0.454. The smallest absolute Gasteiger partial charge is 0.0713 e. The Balaban J connectivity index is 0.851. The zero-order valence-electron chi connectivity index (χ0n) is 39.7. The van der Waals surface area contributed by atoms with Gasteiger partial charge in [0, 0.05) is 17.1 Å². The molecule has 0 saturated carbocycles. The molecule has 0 N–H and O–H groups in total. The van der Waals surface area contributed by atoms with Crippen molar-refractivity contribution in [2.75, 3.05) is 4.90 Å². The summed E-state index contributed by atoms with van der Waals surface area (Å²) >= 11 is 0. The van der Waals surface area contributed by atoms with Crippen LogP contribution in [0, 0.1) is 0 Å². The molecule has 0 saturated heterocycles. The van der Waals surface area contributed by atoms with E-state index < -0.39 is 5.41 Å². The first-order chi connectivity index (χ1) is 35.7. The summed E-state index contributed by atoms with van der Waals surface area (Å²) in [5.74, 6) is 0. The maximum Gasteiger partial charge on any atom is 0.0713 e. The molecule has 0 fully saturated rings. The van der Waals surface area contributed by atoms with Crippen molar-refractivity contribution >= 4 is 27.8 Å². The lowest BCUT2D eigenvalue weighted by atomic mass is 9.67. The first kappa shape index (κ1) is 42.8. The molecule has 0 heterocycles. The second kappa shape index (κ2) is 18.2. The predicted octanol–water partition coefficient (Wildman–Crippen LogP) is 19.0. The molecule has 0 amide bonds. The lowest BCUT2D eigenvalue weighted by Gasteiger charge is -2.34. The minimum atomic E-state index is -0.454. The van der Waals surface area contributed by atoms with E-state index in [0.717, 1.165) is 17.1 Å². The first-order valence-electron chi connectivity index (χ1n) is 24.9. The highest BCUT2D eigenvalue weighted by Gasteiger charge is 2.46. The lowest BCUT2D eigenvalue weighted by Crippen LogP contribution is -2.28. The second-order valence-electron chi connectivity index (χ2n) is 18.9. The largest absolute Gasteiger partial charge is 0.311 e. The summed E-state index contributed by atoms with van der Waals surface area (Å²) in [6.07, 6.45) is 0. The van der Waals surface area contributed by atoms with Gasteiger partial charge in [0.05, 0.1) is 5.41 Å². The molecular formula is C71H49N. The van der Waals surface area contributed by atoms with E-state index in [1.807, 2.05) is 0 Å². The van der Waals surface area contributed by atoms with Crippen LogP contribution in [0.1, 0.15) is 22.3 Å². The van der Waals surface area contributed by atoms with E-state index in [-0.39, 0.29) is 0 Å². The predicted molar refractivity (Wildman–Crippen MR) is 303 cm³/mol. The van der Waals surface area contributed by atoms with Crippen LogP contribution in [0.2, 0.25) is 0 Å². The summed E-state index contributed by atoms with van der Waals surface area (Å²) < 4.78 is 0. The van der Waals surface area contributed by atoms with Crippen LogP contribution in [0.4, 0.5) is 17.1 Å². The Morgan fingerprint density at radius 1 is 0.208 bits per heavy atom. The van der Waals surface area contributed by atoms with Crippen LogP contribution in [0.3, 0.4) is 0 Å². The van der Waals surface area contributed by atoms with Crippen molar-refractivity contribution in [2.45, 2.75) is 5.41 Å². The fourth-order valence-corrected chi connectivity index (χ4v) is 11.2. The Morgan fingerprint density at radius 3 is 1.12 bits per heavy atom. The van der Waals surface area contributed by atoms with Crippen molar-refractivity contribution in [1.29, 1.82) is 0 Å². The molecule has 12 aromatic rings. The van der Waals surface area contributed by atoms with Gasteiger partial charge in [-0.3, -0.25) is 0 Å². The average molecular weight is 916 g/mol. The molecule has 0 unspecified atom stereocenters. The van der Waals surface area contributed by atoms with Crippen molar-refractivity contribution in [3.63, 3.8) is 0 Å². The highest BCUT2D eigenvalue weighted by molar-refractivity contribution is 5.90. The van der Waals surface area contributed by atoms with Crippen LogP contribution in [-0.4, -0.2) is 0 Å². The minimum Gasteiger partial charge on any atom is -0.311 e. The van der Waals surface area contributed by atoms with E-state index in [1.54, 1.807) is 0 Å².